The molecule has 0 radical (unpaired) electrons. The van der Waals surface area contributed by atoms with Gasteiger partial charge in [0.2, 0.25) is 0 Å². The van der Waals surface area contributed by atoms with Crippen LogP contribution in [0.2, 0.25) is 0 Å². The van der Waals surface area contributed by atoms with Gasteiger partial charge in [0.1, 0.15) is 6.54 Å². The Bertz CT molecular complexity index is 687. The number of quaternary nitrogens is 1. The van der Waals surface area contributed by atoms with E-state index in [9.17, 15) is 0 Å². The molecule has 1 aliphatic rings. The van der Waals surface area contributed by atoms with Gasteiger partial charge in [-0.3, -0.25) is 5.01 Å². The van der Waals surface area contributed by atoms with E-state index in [0.29, 0.717) is 0 Å². The summed E-state index contributed by atoms with van der Waals surface area (Å²) in [6.45, 7) is 9.87. The van der Waals surface area contributed by atoms with Crippen LogP contribution < -0.4 is 4.90 Å². The number of aryl methyl sites for hydroxylation is 2. The molecule has 1 aliphatic heterocycles. The molecule has 2 heterocycles. The Morgan fingerprint density at radius 1 is 1.22 bits per heavy atom. The Morgan fingerprint density at radius 3 is 2.65 bits per heavy atom. The third-order valence-electron chi connectivity index (χ3n) is 4.33. The van der Waals surface area contributed by atoms with Crippen LogP contribution in [0, 0.1) is 13.8 Å². The first-order valence-electron chi connectivity index (χ1n) is 8.04. The normalized spacial score (nSPS) is 16.4. The minimum Gasteiger partial charge on any atom is -0.328 e. The maximum atomic E-state index is 4.62. The minimum absolute atomic E-state index is 1.03. The molecule has 1 N–H and O–H groups in total. The Kier molecular flexibility index (Phi) is 5.51. The van der Waals surface area contributed by atoms with Gasteiger partial charge in [-0.15, -0.1) is 11.3 Å². The highest BCUT2D eigenvalue weighted by Gasteiger charge is 2.19. The van der Waals surface area contributed by atoms with Gasteiger partial charge in [0.25, 0.3) is 0 Å². The fraction of sp³-hybridized carbons (Fsp3) is 0.389. The molecule has 0 spiro atoms. The number of rotatable bonds is 4. The Hall–Kier alpha value is -1.17. The van der Waals surface area contributed by atoms with Crippen LogP contribution in [-0.4, -0.2) is 37.4 Å². The van der Waals surface area contributed by atoms with Gasteiger partial charge >= 0.3 is 0 Å². The van der Waals surface area contributed by atoms with E-state index in [0.717, 1.165) is 36.5 Å². The highest BCUT2D eigenvalue weighted by atomic mass is 79.9. The summed E-state index contributed by atoms with van der Waals surface area (Å²) >= 11 is 5.20. The second-order valence-corrected chi connectivity index (χ2v) is 8.69. The second-order valence-electron chi connectivity index (χ2n) is 6.20. The van der Waals surface area contributed by atoms with Crippen molar-refractivity contribution in [3.8, 4) is 0 Å². The van der Waals surface area contributed by atoms with E-state index in [1.807, 2.05) is 6.21 Å². The van der Waals surface area contributed by atoms with Crippen LogP contribution in [-0.2, 0) is 6.54 Å². The molecular formula is C18H23BrN3S+. The van der Waals surface area contributed by atoms with E-state index < -0.39 is 0 Å². The number of piperazine rings is 1. The molecule has 2 aromatic rings. The maximum Gasteiger partial charge on any atom is 0.103 e. The van der Waals surface area contributed by atoms with Crippen molar-refractivity contribution >= 4 is 33.5 Å². The zero-order valence-electron chi connectivity index (χ0n) is 13.7. The SMILES string of the molecule is Cc1ccc(C[NH+]2CCN(/N=C\c3ccc(Br)s3)CC2)c(C)c1. The van der Waals surface area contributed by atoms with Gasteiger partial charge in [0, 0.05) is 10.4 Å². The van der Waals surface area contributed by atoms with Crippen molar-refractivity contribution in [3.63, 3.8) is 0 Å². The quantitative estimate of drug-likeness (QED) is 0.792. The smallest absolute Gasteiger partial charge is 0.103 e. The molecule has 3 rings (SSSR count). The average molecular weight is 393 g/mol. The molecule has 0 amide bonds. The van der Waals surface area contributed by atoms with E-state index in [4.69, 9.17) is 0 Å². The van der Waals surface area contributed by atoms with Crippen molar-refractivity contribution in [2.75, 3.05) is 26.2 Å². The summed E-state index contributed by atoms with van der Waals surface area (Å²) < 4.78 is 1.15. The molecular weight excluding hydrogens is 370 g/mol. The summed E-state index contributed by atoms with van der Waals surface area (Å²) in [4.78, 5) is 2.85. The zero-order valence-corrected chi connectivity index (χ0v) is 16.1. The fourth-order valence-electron chi connectivity index (χ4n) is 2.95. The lowest BCUT2D eigenvalue weighted by Gasteiger charge is -2.30. The molecule has 0 aliphatic carbocycles. The number of hydrogen-bond donors (Lipinski definition) is 1. The van der Waals surface area contributed by atoms with E-state index >= 15 is 0 Å². The molecule has 1 aromatic carbocycles. The Labute approximate surface area is 150 Å². The van der Waals surface area contributed by atoms with Crippen molar-refractivity contribution < 1.29 is 4.90 Å². The third kappa shape index (κ3) is 4.66. The molecule has 0 bridgehead atoms. The number of hydrogen-bond acceptors (Lipinski definition) is 3. The number of thiophene rings is 1. The minimum atomic E-state index is 1.03. The molecule has 23 heavy (non-hydrogen) atoms. The van der Waals surface area contributed by atoms with Crippen molar-refractivity contribution in [1.29, 1.82) is 0 Å². The van der Waals surface area contributed by atoms with Gasteiger partial charge in [-0.2, -0.15) is 5.10 Å². The van der Waals surface area contributed by atoms with Gasteiger partial charge in [-0.05, 0) is 47.5 Å². The second kappa shape index (κ2) is 7.60. The summed E-state index contributed by atoms with van der Waals surface area (Å²) in [5.41, 5.74) is 4.24. The van der Waals surface area contributed by atoms with Gasteiger partial charge < -0.3 is 4.90 Å². The average Bonchev–Trinajstić information content (AvgIpc) is 2.95. The van der Waals surface area contributed by atoms with Crippen LogP contribution in [0.5, 0.6) is 0 Å². The lowest BCUT2D eigenvalue weighted by molar-refractivity contribution is -0.918. The largest absolute Gasteiger partial charge is 0.328 e. The molecule has 5 heteroatoms. The summed E-state index contributed by atoms with van der Waals surface area (Å²) in [6, 6.07) is 11.0. The molecule has 0 unspecified atom stereocenters. The molecule has 1 fully saturated rings. The number of hydrazone groups is 1. The maximum absolute atomic E-state index is 4.62. The summed E-state index contributed by atoms with van der Waals surface area (Å²) in [5.74, 6) is 0. The van der Waals surface area contributed by atoms with E-state index in [1.54, 1.807) is 16.2 Å². The first kappa shape index (κ1) is 16.7. The predicted molar refractivity (Wildman–Crippen MR) is 102 cm³/mol. The van der Waals surface area contributed by atoms with E-state index in [-0.39, 0.29) is 0 Å². The fourth-order valence-corrected chi connectivity index (χ4v) is 4.24. The third-order valence-corrected chi connectivity index (χ3v) is 5.89. The topological polar surface area (TPSA) is 20.0 Å². The van der Waals surface area contributed by atoms with Crippen LogP contribution in [0.3, 0.4) is 0 Å². The molecule has 122 valence electrons. The van der Waals surface area contributed by atoms with E-state index in [1.165, 1.54) is 21.6 Å². The van der Waals surface area contributed by atoms with Crippen LogP contribution in [0.15, 0.2) is 39.2 Å². The van der Waals surface area contributed by atoms with Gasteiger partial charge in [-0.1, -0.05) is 23.8 Å². The number of nitrogens with one attached hydrogen (secondary N) is 1. The lowest BCUT2D eigenvalue weighted by Crippen LogP contribution is -3.13. The molecule has 3 nitrogen and oxygen atoms in total. The van der Waals surface area contributed by atoms with E-state index in [2.05, 4.69) is 70.2 Å². The number of nitrogens with zero attached hydrogens (tertiary/aromatic N) is 2. The highest BCUT2D eigenvalue weighted by molar-refractivity contribution is 9.11. The van der Waals surface area contributed by atoms with Gasteiger partial charge in [0.15, 0.2) is 0 Å². The summed E-state index contributed by atoms with van der Waals surface area (Å²) in [7, 11) is 0. The Balaban J connectivity index is 1.51. The van der Waals surface area contributed by atoms with Gasteiger partial charge in [0.05, 0.1) is 36.2 Å². The van der Waals surface area contributed by atoms with Crippen LogP contribution in [0.4, 0.5) is 0 Å². The lowest BCUT2D eigenvalue weighted by atomic mass is 10.1. The van der Waals surface area contributed by atoms with Gasteiger partial charge in [-0.25, -0.2) is 0 Å². The highest BCUT2D eigenvalue weighted by Crippen LogP contribution is 2.20. The van der Waals surface area contributed by atoms with Crippen LogP contribution >= 0.6 is 27.3 Å². The van der Waals surface area contributed by atoms with Crippen molar-refractivity contribution in [3.05, 3.63) is 55.7 Å². The first-order valence-corrected chi connectivity index (χ1v) is 9.65. The molecule has 1 aromatic heterocycles. The monoisotopic (exact) mass is 392 g/mol. The van der Waals surface area contributed by atoms with Crippen molar-refractivity contribution in [1.82, 2.24) is 5.01 Å². The first-order chi connectivity index (χ1) is 11.1. The summed E-state index contributed by atoms with van der Waals surface area (Å²) in [5, 5.41) is 6.82. The molecule has 1 saturated heterocycles. The number of benzene rings is 1. The molecule has 0 atom stereocenters. The summed E-state index contributed by atoms with van der Waals surface area (Å²) in [6.07, 6.45) is 1.98. The standard InChI is InChI=1S/C18H22BrN3S/c1-14-3-4-16(15(2)11-14)13-21-7-9-22(10-8-21)20-12-17-5-6-18(19)23-17/h3-6,11-12H,7-10,13H2,1-2H3/p+1/b20-12-. The molecule has 0 saturated carbocycles. The zero-order chi connectivity index (χ0) is 16.2. The van der Waals surface area contributed by atoms with Crippen molar-refractivity contribution in [2.45, 2.75) is 20.4 Å². The van der Waals surface area contributed by atoms with Crippen LogP contribution in [0.1, 0.15) is 21.6 Å². The van der Waals surface area contributed by atoms with Crippen LogP contribution in [0.25, 0.3) is 0 Å². The predicted octanol–water partition coefficient (Wildman–Crippen LogP) is 2.86. The Morgan fingerprint density at radius 2 is 2.00 bits per heavy atom. The van der Waals surface area contributed by atoms with Crippen molar-refractivity contribution in [2.24, 2.45) is 5.10 Å². The number of halogens is 1.